The molecule has 0 amide bonds. The maximum absolute atomic E-state index is 12.0. The summed E-state index contributed by atoms with van der Waals surface area (Å²) in [5.74, 6) is -0.347. The van der Waals surface area contributed by atoms with Gasteiger partial charge in [0.05, 0.1) is 18.0 Å². The number of halogens is 2. The molecule has 4 rings (SSSR count). The summed E-state index contributed by atoms with van der Waals surface area (Å²) >= 11 is 8.14. The summed E-state index contributed by atoms with van der Waals surface area (Å²) in [6.45, 7) is 0.212. The Bertz CT molecular complexity index is 950. The Hall–Kier alpha value is -1.78. The third-order valence-corrected chi connectivity index (χ3v) is 4.90. The zero-order chi connectivity index (χ0) is 18.1. The molecule has 1 aromatic carbocycles. The topological polar surface area (TPSA) is 79.1 Å². The molecule has 0 N–H and O–H groups in total. The second-order valence-corrected chi connectivity index (χ2v) is 7.18. The number of aromatic nitrogens is 4. The first kappa shape index (κ1) is 17.6. The third-order valence-electron chi connectivity index (χ3n) is 4.16. The fourth-order valence-electron chi connectivity index (χ4n) is 2.91. The molecule has 7 nitrogen and oxygen atoms in total. The molecule has 2 aromatic heterocycles. The van der Waals surface area contributed by atoms with Crippen LogP contribution < -0.4 is 0 Å². The van der Waals surface area contributed by atoms with Crippen LogP contribution >= 0.6 is 34.2 Å². The van der Waals surface area contributed by atoms with Crippen molar-refractivity contribution in [3.63, 3.8) is 0 Å². The second-order valence-electron chi connectivity index (χ2n) is 5.86. The summed E-state index contributed by atoms with van der Waals surface area (Å²) in [4.78, 5) is 24.8. The van der Waals surface area contributed by atoms with Gasteiger partial charge in [-0.1, -0.05) is 29.8 Å². The molecule has 1 saturated heterocycles. The van der Waals surface area contributed by atoms with E-state index in [-0.39, 0.29) is 24.9 Å². The standard InChI is InChI=1S/C17H14ClIN4O3/c18-14-13-15(22-17(19)21-14)23(9-20-13)12-7-6-11(26-12)8-25-16(24)10-4-2-1-3-5-10/h1-5,9,11-12H,6-8H2. The molecule has 134 valence electrons. The van der Waals surface area contributed by atoms with E-state index in [2.05, 4.69) is 15.0 Å². The van der Waals surface area contributed by atoms with Gasteiger partial charge in [0.15, 0.2) is 14.6 Å². The molecule has 0 saturated carbocycles. The van der Waals surface area contributed by atoms with Crippen LogP contribution in [0.25, 0.3) is 11.2 Å². The minimum absolute atomic E-state index is 0.165. The second kappa shape index (κ2) is 7.45. The highest BCUT2D eigenvalue weighted by Gasteiger charge is 2.29. The van der Waals surface area contributed by atoms with E-state index in [1.807, 2.05) is 33.2 Å². The van der Waals surface area contributed by atoms with Crippen molar-refractivity contribution in [1.82, 2.24) is 19.5 Å². The average molecular weight is 485 g/mol. The number of carbonyl (C=O) groups excluding carboxylic acids is 1. The molecule has 2 atom stereocenters. The largest absolute Gasteiger partial charge is 0.459 e. The van der Waals surface area contributed by atoms with E-state index >= 15 is 0 Å². The molecule has 0 aliphatic carbocycles. The summed E-state index contributed by atoms with van der Waals surface area (Å²) in [6, 6.07) is 8.91. The Kier molecular flexibility index (Phi) is 5.05. The minimum atomic E-state index is -0.347. The minimum Gasteiger partial charge on any atom is -0.459 e. The van der Waals surface area contributed by atoms with Crippen LogP contribution in [0.15, 0.2) is 36.7 Å². The number of ether oxygens (including phenoxy) is 2. The van der Waals surface area contributed by atoms with E-state index in [0.717, 1.165) is 12.8 Å². The highest BCUT2D eigenvalue weighted by molar-refractivity contribution is 14.1. The summed E-state index contributed by atoms with van der Waals surface area (Å²) in [5, 5.41) is 0.324. The van der Waals surface area contributed by atoms with Gasteiger partial charge in [-0.25, -0.2) is 19.7 Å². The lowest BCUT2D eigenvalue weighted by atomic mass is 10.2. The lowest BCUT2D eigenvalue weighted by molar-refractivity contribution is -0.0309. The quantitative estimate of drug-likeness (QED) is 0.244. The lowest BCUT2D eigenvalue weighted by Gasteiger charge is -2.15. The number of carbonyl (C=O) groups is 1. The first-order valence-corrected chi connectivity index (χ1v) is 9.50. The number of imidazole rings is 1. The maximum Gasteiger partial charge on any atom is 0.338 e. The third kappa shape index (κ3) is 3.53. The van der Waals surface area contributed by atoms with Crippen molar-refractivity contribution in [3.05, 3.63) is 51.2 Å². The van der Waals surface area contributed by atoms with Gasteiger partial charge < -0.3 is 9.47 Å². The number of rotatable bonds is 4. The normalized spacial score (nSPS) is 19.8. The van der Waals surface area contributed by atoms with Crippen LogP contribution in [0.4, 0.5) is 0 Å². The Morgan fingerprint density at radius 3 is 2.92 bits per heavy atom. The molecule has 1 fully saturated rings. The molecule has 3 heterocycles. The fourth-order valence-corrected chi connectivity index (χ4v) is 3.73. The number of hydrogen-bond donors (Lipinski definition) is 0. The van der Waals surface area contributed by atoms with Gasteiger partial charge in [0.2, 0.25) is 0 Å². The van der Waals surface area contributed by atoms with Crippen molar-refractivity contribution < 1.29 is 14.3 Å². The van der Waals surface area contributed by atoms with E-state index in [1.54, 1.807) is 30.6 Å². The highest BCUT2D eigenvalue weighted by Crippen LogP contribution is 2.31. The van der Waals surface area contributed by atoms with Crippen LogP contribution in [0.3, 0.4) is 0 Å². The van der Waals surface area contributed by atoms with Gasteiger partial charge in [-0.2, -0.15) is 0 Å². The van der Waals surface area contributed by atoms with Gasteiger partial charge in [0.1, 0.15) is 18.4 Å². The molecule has 0 spiro atoms. The lowest BCUT2D eigenvalue weighted by Crippen LogP contribution is -2.19. The maximum atomic E-state index is 12.0. The van der Waals surface area contributed by atoms with Crippen molar-refractivity contribution in [1.29, 1.82) is 0 Å². The van der Waals surface area contributed by atoms with Crippen molar-refractivity contribution in [2.45, 2.75) is 25.2 Å². The van der Waals surface area contributed by atoms with E-state index in [4.69, 9.17) is 21.1 Å². The number of esters is 1. The summed E-state index contributed by atoms with van der Waals surface area (Å²) in [5.41, 5.74) is 1.72. The number of fused-ring (bicyclic) bond motifs is 1. The first-order valence-electron chi connectivity index (χ1n) is 8.05. The monoisotopic (exact) mass is 484 g/mol. The molecule has 0 radical (unpaired) electrons. The fraction of sp³-hybridized carbons (Fsp3) is 0.294. The van der Waals surface area contributed by atoms with Gasteiger partial charge in [0, 0.05) is 22.6 Å². The SMILES string of the molecule is O=C(OCC1CCC(n2cnc3c(Cl)nc(I)nc32)O1)c1ccccc1. The Morgan fingerprint density at radius 1 is 1.31 bits per heavy atom. The van der Waals surface area contributed by atoms with Crippen LogP contribution in [-0.4, -0.2) is 38.2 Å². The molecule has 2 unspecified atom stereocenters. The Labute approximate surface area is 167 Å². The zero-order valence-electron chi connectivity index (χ0n) is 13.5. The van der Waals surface area contributed by atoms with Crippen LogP contribution in [-0.2, 0) is 9.47 Å². The van der Waals surface area contributed by atoms with Crippen molar-refractivity contribution in [2.24, 2.45) is 0 Å². The van der Waals surface area contributed by atoms with Crippen LogP contribution in [0.2, 0.25) is 5.15 Å². The summed E-state index contributed by atoms with van der Waals surface area (Å²) in [7, 11) is 0. The molecule has 9 heteroatoms. The molecular weight excluding hydrogens is 471 g/mol. The summed E-state index contributed by atoms with van der Waals surface area (Å²) in [6.07, 6.45) is 2.83. The molecule has 1 aliphatic rings. The van der Waals surface area contributed by atoms with Gasteiger partial charge in [0.25, 0.3) is 0 Å². The van der Waals surface area contributed by atoms with Crippen LogP contribution in [0.5, 0.6) is 0 Å². The average Bonchev–Trinajstić information content (AvgIpc) is 3.27. The van der Waals surface area contributed by atoms with E-state index in [1.165, 1.54) is 0 Å². The predicted octanol–water partition coefficient (Wildman–Crippen LogP) is 3.62. The highest BCUT2D eigenvalue weighted by atomic mass is 127. The van der Waals surface area contributed by atoms with E-state index in [9.17, 15) is 4.79 Å². The Balaban J connectivity index is 1.42. The zero-order valence-corrected chi connectivity index (χ0v) is 16.4. The van der Waals surface area contributed by atoms with Gasteiger partial charge in [-0.15, -0.1) is 0 Å². The van der Waals surface area contributed by atoms with Gasteiger partial charge in [-0.3, -0.25) is 4.57 Å². The van der Waals surface area contributed by atoms with Crippen molar-refractivity contribution in [3.8, 4) is 0 Å². The number of benzene rings is 1. The van der Waals surface area contributed by atoms with Crippen LogP contribution in [0.1, 0.15) is 29.4 Å². The molecular formula is C17H14ClIN4O3. The van der Waals surface area contributed by atoms with Crippen molar-refractivity contribution >= 4 is 51.3 Å². The Morgan fingerprint density at radius 2 is 2.12 bits per heavy atom. The smallest absolute Gasteiger partial charge is 0.338 e. The predicted molar refractivity (Wildman–Crippen MR) is 103 cm³/mol. The molecule has 0 bridgehead atoms. The molecule has 1 aliphatic heterocycles. The van der Waals surface area contributed by atoms with E-state index in [0.29, 0.717) is 25.7 Å². The summed E-state index contributed by atoms with van der Waals surface area (Å²) < 4.78 is 13.8. The number of hydrogen-bond acceptors (Lipinski definition) is 6. The molecule has 3 aromatic rings. The first-order chi connectivity index (χ1) is 12.6. The van der Waals surface area contributed by atoms with Crippen LogP contribution in [0, 0.1) is 3.83 Å². The van der Waals surface area contributed by atoms with Gasteiger partial charge in [-0.05, 0) is 25.0 Å². The van der Waals surface area contributed by atoms with Gasteiger partial charge >= 0.3 is 5.97 Å². The molecule has 26 heavy (non-hydrogen) atoms. The van der Waals surface area contributed by atoms with E-state index < -0.39 is 0 Å². The van der Waals surface area contributed by atoms with Crippen molar-refractivity contribution in [2.75, 3.05) is 6.61 Å². The number of nitrogens with zero attached hydrogens (tertiary/aromatic N) is 4.